The predicted octanol–water partition coefficient (Wildman–Crippen LogP) is 1.83. The summed E-state index contributed by atoms with van der Waals surface area (Å²) in [5, 5.41) is 2.55. The fourth-order valence-corrected chi connectivity index (χ4v) is 2.68. The number of halogens is 3. The Kier molecular flexibility index (Phi) is 5.09. The van der Waals surface area contributed by atoms with Gasteiger partial charge in [0.1, 0.15) is 5.56 Å². The van der Waals surface area contributed by atoms with Crippen molar-refractivity contribution in [1.82, 2.24) is 9.78 Å². The molecule has 1 unspecified atom stereocenters. The van der Waals surface area contributed by atoms with Gasteiger partial charge >= 0.3 is 6.18 Å². The van der Waals surface area contributed by atoms with Crippen LogP contribution in [-0.2, 0) is 29.6 Å². The first kappa shape index (κ1) is 18.1. The van der Waals surface area contributed by atoms with Crippen molar-refractivity contribution >= 4 is 16.9 Å². The molecule has 0 saturated heterocycles. The van der Waals surface area contributed by atoms with Gasteiger partial charge in [0, 0.05) is 24.1 Å². The zero-order valence-corrected chi connectivity index (χ0v) is 13.2. The number of carbonyl (C=O) groups is 1. The Hall–Kier alpha value is -2.20. The van der Waals surface area contributed by atoms with Gasteiger partial charge in [-0.2, -0.15) is 13.2 Å². The molecule has 2 aromatic rings. The lowest BCUT2D eigenvalue weighted by molar-refractivity contribution is -0.137. The molecule has 0 aliphatic rings. The average molecular weight is 361 g/mol. The number of nitrogens with one attached hydrogen (secondary N) is 1. The number of benzene rings is 1. The van der Waals surface area contributed by atoms with Crippen molar-refractivity contribution < 1.29 is 26.7 Å². The number of hydrogen-bond donors (Lipinski definition) is 1. The first-order valence-electron chi connectivity index (χ1n) is 6.74. The van der Waals surface area contributed by atoms with Crippen LogP contribution in [0.3, 0.4) is 0 Å². The standard InChI is InChI=1S/C14H13F3N2O4S/c1-2-19-13(21)11(6-18-19)12(20)10-4-3-9(14(15,16)17)5-8(10)7-24(22)23/h3-6,18H,2,7H2,1H3,(H,22,23)/p-1. The van der Waals surface area contributed by atoms with E-state index >= 15 is 0 Å². The van der Waals surface area contributed by atoms with Gasteiger partial charge in [-0.3, -0.25) is 18.5 Å². The van der Waals surface area contributed by atoms with Crippen molar-refractivity contribution in [2.75, 3.05) is 0 Å². The second-order valence-corrected chi connectivity index (χ2v) is 5.78. The summed E-state index contributed by atoms with van der Waals surface area (Å²) in [7, 11) is 0. The molecule has 1 aromatic heterocycles. The van der Waals surface area contributed by atoms with E-state index < -0.39 is 39.9 Å². The van der Waals surface area contributed by atoms with Gasteiger partial charge < -0.3 is 9.65 Å². The molecular formula is C14H12F3N2O4S-. The lowest BCUT2D eigenvalue weighted by atomic mass is 9.98. The number of nitrogens with zero attached hydrogens (tertiary/aromatic N) is 1. The quantitative estimate of drug-likeness (QED) is 0.649. The summed E-state index contributed by atoms with van der Waals surface area (Å²) in [5.74, 6) is -1.60. The van der Waals surface area contributed by atoms with Gasteiger partial charge in [0.05, 0.1) is 5.56 Å². The zero-order valence-electron chi connectivity index (χ0n) is 12.3. The van der Waals surface area contributed by atoms with Crippen LogP contribution in [0.4, 0.5) is 13.2 Å². The Morgan fingerprint density at radius 1 is 1.33 bits per heavy atom. The third-order valence-electron chi connectivity index (χ3n) is 3.35. The third kappa shape index (κ3) is 3.65. The van der Waals surface area contributed by atoms with Crippen LogP contribution < -0.4 is 5.56 Å². The SMILES string of the molecule is CCn1[nH]cc(C(=O)c2ccc(C(F)(F)F)cc2CS(=O)[O-])c1=O. The molecule has 10 heteroatoms. The molecule has 0 aliphatic heterocycles. The van der Waals surface area contributed by atoms with Gasteiger partial charge in [-0.1, -0.05) is 17.1 Å². The Bertz CT molecular complexity index is 854. The van der Waals surface area contributed by atoms with Gasteiger partial charge in [0.2, 0.25) is 0 Å². The molecule has 24 heavy (non-hydrogen) atoms. The normalized spacial score (nSPS) is 13.0. The second-order valence-electron chi connectivity index (χ2n) is 4.88. The Morgan fingerprint density at radius 3 is 2.50 bits per heavy atom. The number of aryl methyl sites for hydroxylation is 1. The molecule has 0 fully saturated rings. The van der Waals surface area contributed by atoms with E-state index in [0.717, 1.165) is 16.9 Å². The van der Waals surface area contributed by atoms with Crippen LogP contribution in [0, 0.1) is 0 Å². The van der Waals surface area contributed by atoms with E-state index in [1.807, 2.05) is 0 Å². The van der Waals surface area contributed by atoms with Crippen molar-refractivity contribution in [2.24, 2.45) is 0 Å². The van der Waals surface area contributed by atoms with Gasteiger partial charge in [0.15, 0.2) is 5.78 Å². The van der Waals surface area contributed by atoms with Crippen LogP contribution in [0.2, 0.25) is 0 Å². The number of aromatic nitrogens is 2. The van der Waals surface area contributed by atoms with Crippen LogP contribution in [-0.4, -0.2) is 24.3 Å². The minimum Gasteiger partial charge on any atom is -0.772 e. The molecule has 6 nitrogen and oxygen atoms in total. The summed E-state index contributed by atoms with van der Waals surface area (Å²) < 4.78 is 61.3. The van der Waals surface area contributed by atoms with E-state index in [9.17, 15) is 31.5 Å². The number of H-pyrrole nitrogens is 1. The van der Waals surface area contributed by atoms with E-state index in [1.165, 1.54) is 0 Å². The minimum absolute atomic E-state index is 0.258. The highest BCUT2D eigenvalue weighted by Crippen LogP contribution is 2.31. The monoisotopic (exact) mass is 361 g/mol. The topological polar surface area (TPSA) is 95.0 Å². The van der Waals surface area contributed by atoms with Crippen LogP contribution >= 0.6 is 0 Å². The highest BCUT2D eigenvalue weighted by Gasteiger charge is 2.32. The van der Waals surface area contributed by atoms with Gasteiger partial charge in [-0.05, 0) is 24.6 Å². The summed E-state index contributed by atoms with van der Waals surface area (Å²) in [6.45, 7) is 1.94. The van der Waals surface area contributed by atoms with E-state index in [-0.39, 0.29) is 23.2 Å². The first-order valence-corrected chi connectivity index (χ1v) is 7.98. The molecule has 130 valence electrons. The lowest BCUT2D eigenvalue weighted by Gasteiger charge is -2.13. The molecular weight excluding hydrogens is 349 g/mol. The van der Waals surface area contributed by atoms with Crippen molar-refractivity contribution in [3.63, 3.8) is 0 Å². The van der Waals surface area contributed by atoms with Gasteiger partial charge in [-0.15, -0.1) is 0 Å². The van der Waals surface area contributed by atoms with Crippen LogP contribution in [0.15, 0.2) is 29.2 Å². The smallest absolute Gasteiger partial charge is 0.416 e. The molecule has 1 aromatic carbocycles. The summed E-state index contributed by atoms with van der Waals surface area (Å²) in [6.07, 6.45) is -3.53. The molecule has 2 rings (SSSR count). The van der Waals surface area contributed by atoms with E-state index in [0.29, 0.717) is 12.1 Å². The molecule has 1 N–H and O–H groups in total. The molecule has 0 spiro atoms. The lowest BCUT2D eigenvalue weighted by Crippen LogP contribution is -2.22. The Morgan fingerprint density at radius 2 is 2.00 bits per heavy atom. The highest BCUT2D eigenvalue weighted by atomic mass is 32.2. The largest absolute Gasteiger partial charge is 0.772 e. The Labute approximate surface area is 136 Å². The fraction of sp³-hybridized carbons (Fsp3) is 0.286. The highest BCUT2D eigenvalue weighted by molar-refractivity contribution is 7.78. The summed E-state index contributed by atoms with van der Waals surface area (Å²) in [4.78, 5) is 24.4. The molecule has 1 atom stereocenters. The van der Waals surface area contributed by atoms with Crippen molar-refractivity contribution in [1.29, 1.82) is 0 Å². The van der Waals surface area contributed by atoms with E-state index in [2.05, 4.69) is 5.10 Å². The molecule has 0 radical (unpaired) electrons. The average Bonchev–Trinajstić information content (AvgIpc) is 2.86. The minimum atomic E-state index is -4.68. The summed E-state index contributed by atoms with van der Waals surface area (Å²) >= 11 is -2.70. The number of ketones is 1. The van der Waals surface area contributed by atoms with Crippen molar-refractivity contribution in [3.05, 3.63) is 57.0 Å². The third-order valence-corrected chi connectivity index (χ3v) is 3.90. The second kappa shape index (κ2) is 6.73. The maximum absolute atomic E-state index is 12.8. The molecule has 1 heterocycles. The predicted molar refractivity (Wildman–Crippen MR) is 78.2 cm³/mol. The number of rotatable bonds is 5. The number of alkyl halides is 3. The van der Waals surface area contributed by atoms with Crippen LogP contribution in [0.1, 0.15) is 34.0 Å². The van der Waals surface area contributed by atoms with Crippen LogP contribution in [0.25, 0.3) is 0 Å². The number of carbonyl (C=O) groups excluding carboxylic acids is 1. The van der Waals surface area contributed by atoms with Crippen molar-refractivity contribution in [2.45, 2.75) is 25.4 Å². The number of hydrogen-bond acceptors (Lipinski definition) is 4. The fourth-order valence-electron chi connectivity index (χ4n) is 2.19. The first-order chi connectivity index (χ1) is 11.1. The summed E-state index contributed by atoms with van der Waals surface area (Å²) in [6, 6.07) is 2.17. The molecule has 0 aliphatic carbocycles. The maximum Gasteiger partial charge on any atom is 0.416 e. The zero-order chi connectivity index (χ0) is 18.1. The maximum atomic E-state index is 12.8. The molecule has 0 bridgehead atoms. The number of aromatic amines is 1. The van der Waals surface area contributed by atoms with E-state index in [1.54, 1.807) is 6.92 Å². The van der Waals surface area contributed by atoms with Crippen LogP contribution in [0.5, 0.6) is 0 Å². The summed E-state index contributed by atoms with van der Waals surface area (Å²) in [5.41, 5.74) is -2.54. The van der Waals surface area contributed by atoms with Crippen molar-refractivity contribution in [3.8, 4) is 0 Å². The van der Waals surface area contributed by atoms with E-state index in [4.69, 9.17) is 0 Å². The van der Waals surface area contributed by atoms with Gasteiger partial charge in [0.25, 0.3) is 5.56 Å². The molecule has 0 amide bonds. The van der Waals surface area contributed by atoms with Gasteiger partial charge in [-0.25, -0.2) is 0 Å². The molecule has 0 saturated carbocycles. The Balaban J connectivity index is 2.55.